The van der Waals surface area contributed by atoms with Gasteiger partial charge in [-0.3, -0.25) is 4.79 Å². The smallest absolute Gasteiger partial charge is 0.276 e. The molecule has 1 atom stereocenters. The molecule has 142 valence electrons. The normalized spacial score (nSPS) is 16.7. The van der Waals surface area contributed by atoms with E-state index in [0.717, 1.165) is 54.2 Å². The van der Waals surface area contributed by atoms with E-state index in [1.54, 1.807) is 0 Å². The number of quaternary nitrogens is 1. The summed E-state index contributed by atoms with van der Waals surface area (Å²) in [5.41, 5.74) is 3.64. The lowest BCUT2D eigenvalue weighted by Crippen LogP contribution is -3.09. The number of hydrogen-bond acceptors (Lipinski definition) is 3. The van der Waals surface area contributed by atoms with Crippen LogP contribution in [0.3, 0.4) is 0 Å². The Morgan fingerprint density at radius 1 is 1.30 bits per heavy atom. The number of carbonyl (C=O) groups excluding carboxylic acids is 1. The molecule has 1 aromatic heterocycles. The number of nitrogens with one attached hydrogen (secondary N) is 2. The maximum Gasteiger partial charge on any atom is 0.276 e. The van der Waals surface area contributed by atoms with Crippen molar-refractivity contribution in [1.82, 2.24) is 15.1 Å². The van der Waals surface area contributed by atoms with E-state index in [1.165, 1.54) is 5.56 Å². The molecule has 0 spiro atoms. The Hall–Kier alpha value is -2.65. The van der Waals surface area contributed by atoms with Crippen molar-refractivity contribution in [2.24, 2.45) is 0 Å². The van der Waals surface area contributed by atoms with Crippen molar-refractivity contribution in [3.63, 3.8) is 0 Å². The van der Waals surface area contributed by atoms with Crippen molar-refractivity contribution < 1.29 is 9.69 Å². The number of nitriles is 1. The Kier molecular flexibility index (Phi) is 5.62. The maximum atomic E-state index is 12.5. The van der Waals surface area contributed by atoms with E-state index in [2.05, 4.69) is 23.4 Å². The van der Waals surface area contributed by atoms with Gasteiger partial charge in [-0.05, 0) is 51.7 Å². The van der Waals surface area contributed by atoms with Gasteiger partial charge in [-0.15, -0.1) is 0 Å². The van der Waals surface area contributed by atoms with E-state index in [-0.39, 0.29) is 5.91 Å². The van der Waals surface area contributed by atoms with Crippen LogP contribution in [0.25, 0.3) is 5.69 Å². The van der Waals surface area contributed by atoms with E-state index < -0.39 is 5.54 Å². The number of amides is 1. The summed E-state index contributed by atoms with van der Waals surface area (Å²) >= 11 is 0. The lowest BCUT2D eigenvalue weighted by atomic mass is 10.00. The fourth-order valence-corrected chi connectivity index (χ4v) is 3.94. The second-order valence-electron chi connectivity index (χ2n) is 7.66. The first-order chi connectivity index (χ1) is 12.9. The molecule has 1 amide bonds. The van der Waals surface area contributed by atoms with Crippen molar-refractivity contribution in [2.45, 2.75) is 51.6 Å². The summed E-state index contributed by atoms with van der Waals surface area (Å²) < 4.78 is 1.96. The molecule has 2 N–H and O–H groups in total. The zero-order chi connectivity index (χ0) is 19.4. The van der Waals surface area contributed by atoms with Crippen LogP contribution >= 0.6 is 0 Å². The summed E-state index contributed by atoms with van der Waals surface area (Å²) in [6.07, 6.45) is 3.54. The zero-order valence-electron chi connectivity index (χ0n) is 16.4. The van der Waals surface area contributed by atoms with Gasteiger partial charge in [0, 0.05) is 0 Å². The highest BCUT2D eigenvalue weighted by atomic mass is 16.2. The third-order valence-corrected chi connectivity index (χ3v) is 5.43. The van der Waals surface area contributed by atoms with Crippen molar-refractivity contribution >= 4 is 5.91 Å². The molecule has 1 saturated carbocycles. The Morgan fingerprint density at radius 3 is 2.59 bits per heavy atom. The number of likely N-dealkylation sites (N-methyl/N-ethyl adjacent to an activating group) is 1. The first-order valence-corrected chi connectivity index (χ1v) is 9.58. The quantitative estimate of drug-likeness (QED) is 0.813. The maximum absolute atomic E-state index is 12.5. The minimum absolute atomic E-state index is 0.0540. The Labute approximate surface area is 160 Å². The third-order valence-electron chi connectivity index (χ3n) is 5.43. The van der Waals surface area contributed by atoms with Gasteiger partial charge in [0.05, 0.1) is 35.8 Å². The number of rotatable bonds is 6. The average Bonchev–Trinajstić information content (AvgIpc) is 3.22. The highest BCUT2D eigenvalue weighted by Gasteiger charge is 2.36. The minimum atomic E-state index is -0.651. The molecule has 2 aromatic rings. The SMILES string of the molecule is Cc1nn(-c2ccccc2)c(C)c1C[NH+](C)CC(=O)NC1(C#N)CCCC1. The van der Waals surface area contributed by atoms with Gasteiger partial charge in [0.25, 0.3) is 5.91 Å². The number of benzene rings is 1. The monoisotopic (exact) mass is 366 g/mol. The van der Waals surface area contributed by atoms with Crippen LogP contribution in [0.15, 0.2) is 30.3 Å². The fourth-order valence-electron chi connectivity index (χ4n) is 3.94. The van der Waals surface area contributed by atoms with Gasteiger partial charge in [0.15, 0.2) is 6.54 Å². The number of nitrogens with zero attached hydrogens (tertiary/aromatic N) is 3. The molecule has 1 unspecified atom stereocenters. The van der Waals surface area contributed by atoms with E-state index in [4.69, 9.17) is 0 Å². The minimum Gasteiger partial charge on any atom is -0.333 e. The highest BCUT2D eigenvalue weighted by molar-refractivity contribution is 5.78. The number of hydrogen-bond donors (Lipinski definition) is 2. The van der Waals surface area contributed by atoms with Gasteiger partial charge in [0.2, 0.25) is 0 Å². The topological polar surface area (TPSA) is 75.2 Å². The molecule has 3 rings (SSSR count). The molecule has 1 fully saturated rings. The van der Waals surface area contributed by atoms with E-state index in [1.807, 2.05) is 49.0 Å². The largest absolute Gasteiger partial charge is 0.333 e. The highest BCUT2D eigenvalue weighted by Crippen LogP contribution is 2.28. The fraction of sp³-hybridized carbons (Fsp3) is 0.476. The van der Waals surface area contributed by atoms with Crippen molar-refractivity contribution in [3.05, 3.63) is 47.3 Å². The summed E-state index contributed by atoms with van der Waals surface area (Å²) in [4.78, 5) is 13.5. The first kappa shape index (κ1) is 19.1. The van der Waals surface area contributed by atoms with E-state index >= 15 is 0 Å². The van der Waals surface area contributed by atoms with E-state index in [0.29, 0.717) is 6.54 Å². The predicted octanol–water partition coefficient (Wildman–Crippen LogP) is 1.46. The second kappa shape index (κ2) is 7.93. The molecule has 1 heterocycles. The molecule has 0 aliphatic heterocycles. The Morgan fingerprint density at radius 2 is 1.96 bits per heavy atom. The van der Waals surface area contributed by atoms with Gasteiger partial charge < -0.3 is 10.2 Å². The molecule has 27 heavy (non-hydrogen) atoms. The van der Waals surface area contributed by atoms with Crippen LogP contribution in [0.2, 0.25) is 0 Å². The number of para-hydroxylation sites is 1. The molecular weight excluding hydrogens is 338 g/mol. The summed E-state index contributed by atoms with van der Waals surface area (Å²) in [5.74, 6) is -0.0540. The van der Waals surface area contributed by atoms with Crippen LogP contribution in [0, 0.1) is 25.2 Å². The molecule has 1 aromatic carbocycles. The predicted molar refractivity (Wildman–Crippen MR) is 103 cm³/mol. The van der Waals surface area contributed by atoms with Gasteiger partial charge in [-0.25, -0.2) is 4.68 Å². The van der Waals surface area contributed by atoms with Crippen LogP contribution in [-0.2, 0) is 11.3 Å². The number of aryl methyl sites for hydroxylation is 1. The Balaban J connectivity index is 1.66. The molecule has 0 saturated heterocycles. The van der Waals surface area contributed by atoms with Gasteiger partial charge in [-0.1, -0.05) is 18.2 Å². The summed E-state index contributed by atoms with van der Waals surface area (Å²) in [6, 6.07) is 12.4. The molecule has 1 aliphatic carbocycles. The number of aromatic nitrogens is 2. The van der Waals surface area contributed by atoms with Crippen LogP contribution in [0.5, 0.6) is 0 Å². The van der Waals surface area contributed by atoms with Gasteiger partial charge in [-0.2, -0.15) is 10.4 Å². The van der Waals surface area contributed by atoms with Crippen molar-refractivity contribution in [2.75, 3.05) is 13.6 Å². The van der Waals surface area contributed by atoms with Crippen LogP contribution in [-0.4, -0.2) is 34.8 Å². The molecular formula is C21H28N5O+. The molecule has 0 radical (unpaired) electrons. The first-order valence-electron chi connectivity index (χ1n) is 9.58. The number of carbonyl (C=O) groups is 1. The van der Waals surface area contributed by atoms with Crippen molar-refractivity contribution in [1.29, 1.82) is 5.26 Å². The molecule has 1 aliphatic rings. The van der Waals surface area contributed by atoms with Crippen LogP contribution in [0.4, 0.5) is 0 Å². The molecule has 0 bridgehead atoms. The van der Waals surface area contributed by atoms with Gasteiger partial charge >= 0.3 is 0 Å². The average molecular weight is 366 g/mol. The lowest BCUT2D eigenvalue weighted by Gasteiger charge is -2.23. The summed E-state index contributed by atoms with van der Waals surface area (Å²) in [6.45, 7) is 5.15. The molecule has 6 nitrogen and oxygen atoms in total. The summed E-state index contributed by atoms with van der Waals surface area (Å²) in [7, 11) is 2.01. The third kappa shape index (κ3) is 4.20. The zero-order valence-corrected chi connectivity index (χ0v) is 16.4. The van der Waals surface area contributed by atoms with Crippen molar-refractivity contribution in [3.8, 4) is 11.8 Å². The van der Waals surface area contributed by atoms with Gasteiger partial charge in [0.1, 0.15) is 12.1 Å². The molecule has 6 heteroatoms. The van der Waals surface area contributed by atoms with Crippen LogP contribution in [0.1, 0.15) is 42.6 Å². The van der Waals surface area contributed by atoms with Crippen LogP contribution < -0.4 is 10.2 Å². The standard InChI is InChI=1S/C21H27N5O/c1-16-19(17(2)26(24-16)18-9-5-4-6-10-18)13-25(3)14-20(27)23-21(15-22)11-7-8-12-21/h4-6,9-10H,7-8,11-14H2,1-3H3,(H,23,27)/p+1. The lowest BCUT2D eigenvalue weighted by molar-refractivity contribution is -0.885. The second-order valence-corrected chi connectivity index (χ2v) is 7.66. The Bertz CT molecular complexity index is 843. The summed E-state index contributed by atoms with van der Waals surface area (Å²) in [5, 5.41) is 17.1. The van der Waals surface area contributed by atoms with E-state index in [9.17, 15) is 10.1 Å².